The molecule has 0 saturated heterocycles. The van der Waals surface area contributed by atoms with E-state index in [0.717, 1.165) is 6.42 Å². The van der Waals surface area contributed by atoms with Gasteiger partial charge in [-0.05, 0) is 22.8 Å². The Balaban J connectivity index is 2.98. The molecule has 0 spiro atoms. The maximum Gasteiger partial charge on any atom is 0.0108 e. The molecule has 0 heteroatoms. The lowest BCUT2D eigenvalue weighted by Crippen LogP contribution is -2.24. The van der Waals surface area contributed by atoms with Gasteiger partial charge in [-0.25, -0.2) is 0 Å². The first-order valence-corrected chi connectivity index (χ1v) is 6.12. The van der Waals surface area contributed by atoms with Crippen molar-refractivity contribution >= 4 is 0 Å². The van der Waals surface area contributed by atoms with E-state index in [9.17, 15) is 0 Å². The van der Waals surface area contributed by atoms with Crippen molar-refractivity contribution in [2.24, 2.45) is 10.8 Å². The third-order valence-electron chi connectivity index (χ3n) is 2.73. The average molecular weight is 217 g/mol. The summed E-state index contributed by atoms with van der Waals surface area (Å²) in [5.74, 6) is 1.56. The van der Waals surface area contributed by atoms with Crippen LogP contribution in [0.3, 0.4) is 0 Å². The van der Waals surface area contributed by atoms with Crippen molar-refractivity contribution < 1.29 is 0 Å². The minimum absolute atomic E-state index is 0.245. The van der Waals surface area contributed by atoms with Crippen molar-refractivity contribution in [3.63, 3.8) is 0 Å². The first-order chi connectivity index (χ1) is 7.20. The Labute approximate surface area is 101 Å². The quantitative estimate of drug-likeness (QED) is 0.647. The molecule has 0 nitrogen and oxygen atoms in total. The van der Waals surface area contributed by atoms with Crippen LogP contribution in [-0.4, -0.2) is 0 Å². The highest BCUT2D eigenvalue weighted by molar-refractivity contribution is 5.33. The van der Waals surface area contributed by atoms with E-state index >= 15 is 0 Å². The predicted octanol–water partition coefficient (Wildman–Crippen LogP) is 5.09. The molecule has 0 N–H and O–H groups in total. The van der Waals surface area contributed by atoms with Crippen LogP contribution in [0, 0.1) is 16.7 Å². The molecule has 16 heavy (non-hydrogen) atoms. The Morgan fingerprint density at radius 3 is 1.75 bits per heavy atom. The van der Waals surface area contributed by atoms with Crippen molar-refractivity contribution in [2.75, 3.05) is 0 Å². The van der Waals surface area contributed by atoms with Gasteiger partial charge in [-0.15, -0.1) is 0 Å². The number of benzene rings is 1. The van der Waals surface area contributed by atoms with Gasteiger partial charge >= 0.3 is 0 Å². The van der Waals surface area contributed by atoms with Crippen molar-refractivity contribution in [3.05, 3.63) is 41.8 Å². The summed E-state index contributed by atoms with van der Waals surface area (Å²) in [6, 6.07) is 10.8. The van der Waals surface area contributed by atoms with Crippen molar-refractivity contribution in [1.29, 1.82) is 0 Å². The summed E-state index contributed by atoms with van der Waals surface area (Å²) >= 11 is 0. The van der Waals surface area contributed by atoms with Crippen molar-refractivity contribution in [1.82, 2.24) is 0 Å². The van der Waals surface area contributed by atoms with Crippen LogP contribution in [0.5, 0.6) is 0 Å². The fraction of sp³-hybridized carbons (Fsp3) is 0.562. The summed E-state index contributed by atoms with van der Waals surface area (Å²) in [6.45, 7) is 13.8. The zero-order chi connectivity index (χ0) is 12.4. The topological polar surface area (TPSA) is 0 Å². The van der Waals surface area contributed by atoms with Gasteiger partial charge in [-0.2, -0.15) is 0 Å². The predicted molar refractivity (Wildman–Crippen MR) is 72.3 cm³/mol. The Bertz CT molecular complexity index is 308. The molecule has 1 aromatic rings. The second kappa shape index (κ2) is 4.61. The van der Waals surface area contributed by atoms with Crippen LogP contribution >= 0.6 is 0 Å². The van der Waals surface area contributed by atoms with Crippen molar-refractivity contribution in [3.8, 4) is 0 Å². The van der Waals surface area contributed by atoms with E-state index < -0.39 is 0 Å². The minimum atomic E-state index is 0.245. The molecule has 0 saturated carbocycles. The van der Waals surface area contributed by atoms with Gasteiger partial charge in [0, 0.05) is 5.92 Å². The minimum Gasteiger partial charge on any atom is -0.0622 e. The number of hydrogen-bond acceptors (Lipinski definition) is 0. The molecule has 1 aromatic carbocycles. The first kappa shape index (κ1) is 13.3. The van der Waals surface area contributed by atoms with E-state index in [1.165, 1.54) is 5.56 Å². The highest BCUT2D eigenvalue weighted by Gasteiger charge is 2.30. The molecule has 0 atom stereocenters. The molecule has 0 unspecified atom stereocenters. The monoisotopic (exact) mass is 217 g/mol. The molecule has 0 bridgehead atoms. The van der Waals surface area contributed by atoms with Gasteiger partial charge in [0.15, 0.2) is 0 Å². The van der Waals surface area contributed by atoms with Gasteiger partial charge in [-0.1, -0.05) is 71.9 Å². The highest BCUT2D eigenvalue weighted by atomic mass is 14.3. The molecule has 89 valence electrons. The molecule has 0 aliphatic heterocycles. The van der Waals surface area contributed by atoms with Crippen LogP contribution in [-0.2, 0) is 0 Å². The summed E-state index contributed by atoms with van der Waals surface area (Å²) in [6.07, 6.45) is 1.15. The van der Waals surface area contributed by atoms with Gasteiger partial charge in [0.25, 0.3) is 0 Å². The molecule has 0 fully saturated rings. The van der Waals surface area contributed by atoms with E-state index in [4.69, 9.17) is 0 Å². The zero-order valence-electron chi connectivity index (χ0n) is 11.6. The maximum absolute atomic E-state index is 2.31. The summed E-state index contributed by atoms with van der Waals surface area (Å²) < 4.78 is 0. The van der Waals surface area contributed by atoms with Gasteiger partial charge in [0.1, 0.15) is 0 Å². The van der Waals surface area contributed by atoms with Gasteiger partial charge in [0.05, 0.1) is 0 Å². The molecule has 1 rings (SSSR count). The lowest BCUT2D eigenvalue weighted by atomic mass is 9.69. The van der Waals surface area contributed by atoms with Crippen LogP contribution in [0.15, 0.2) is 30.3 Å². The summed E-state index contributed by atoms with van der Waals surface area (Å²) in [4.78, 5) is 0. The van der Waals surface area contributed by atoms with Gasteiger partial charge in [0.2, 0.25) is 0 Å². The standard InChI is InChI=1S/C16H25/c1-15(2,3)12-14(16(4,5)6)13-10-8-7-9-11-13/h7-11H,12H2,1-6H3. The van der Waals surface area contributed by atoms with E-state index in [1.54, 1.807) is 5.92 Å². The largest absolute Gasteiger partial charge is 0.0622 e. The van der Waals surface area contributed by atoms with Crippen LogP contribution in [0.2, 0.25) is 0 Å². The second-order valence-corrected chi connectivity index (χ2v) is 6.83. The third kappa shape index (κ3) is 4.00. The van der Waals surface area contributed by atoms with Crippen LogP contribution in [0.1, 0.15) is 53.5 Å². The van der Waals surface area contributed by atoms with E-state index in [2.05, 4.69) is 71.9 Å². The van der Waals surface area contributed by atoms with Gasteiger partial charge < -0.3 is 0 Å². The Morgan fingerprint density at radius 1 is 0.875 bits per heavy atom. The number of hydrogen-bond donors (Lipinski definition) is 0. The normalized spacial score (nSPS) is 13.2. The third-order valence-corrected chi connectivity index (χ3v) is 2.73. The lowest BCUT2D eigenvalue weighted by Gasteiger charge is -2.35. The number of rotatable bonds is 2. The van der Waals surface area contributed by atoms with Crippen molar-refractivity contribution in [2.45, 2.75) is 48.0 Å². The molecule has 0 amide bonds. The summed E-state index contributed by atoms with van der Waals surface area (Å²) in [7, 11) is 0. The van der Waals surface area contributed by atoms with Crippen LogP contribution in [0.4, 0.5) is 0 Å². The highest BCUT2D eigenvalue weighted by Crippen LogP contribution is 2.41. The summed E-state index contributed by atoms with van der Waals surface area (Å²) in [5, 5.41) is 0. The van der Waals surface area contributed by atoms with Crippen LogP contribution < -0.4 is 0 Å². The molecular formula is C16H25. The molecule has 0 aliphatic rings. The SMILES string of the molecule is CC(C)(C)C[C](c1ccccc1)C(C)(C)C. The Morgan fingerprint density at radius 2 is 1.38 bits per heavy atom. The first-order valence-electron chi connectivity index (χ1n) is 6.12. The fourth-order valence-corrected chi connectivity index (χ4v) is 1.97. The molecule has 0 heterocycles. The zero-order valence-corrected chi connectivity index (χ0v) is 11.6. The lowest BCUT2D eigenvalue weighted by molar-refractivity contribution is 0.321. The van der Waals surface area contributed by atoms with E-state index in [0.29, 0.717) is 5.41 Å². The van der Waals surface area contributed by atoms with E-state index in [1.807, 2.05) is 0 Å². The molecule has 0 aliphatic carbocycles. The maximum atomic E-state index is 2.31. The van der Waals surface area contributed by atoms with Gasteiger partial charge in [-0.3, -0.25) is 0 Å². The Kier molecular flexibility index (Phi) is 3.83. The molecular weight excluding hydrogens is 192 g/mol. The fourth-order valence-electron chi connectivity index (χ4n) is 1.97. The Hall–Kier alpha value is -0.780. The second-order valence-electron chi connectivity index (χ2n) is 6.83. The average Bonchev–Trinajstić information content (AvgIpc) is 2.13. The summed E-state index contributed by atoms with van der Waals surface area (Å²) in [5.41, 5.74) is 1.98. The van der Waals surface area contributed by atoms with Crippen LogP contribution in [0.25, 0.3) is 0 Å². The molecule has 0 aromatic heterocycles. The smallest absolute Gasteiger partial charge is 0.0108 e. The molecule has 1 radical (unpaired) electrons. The van der Waals surface area contributed by atoms with E-state index in [-0.39, 0.29) is 5.41 Å².